The maximum absolute atomic E-state index is 14.4. The Hall–Kier alpha value is -2.93. The third-order valence-corrected chi connectivity index (χ3v) is 8.67. The average molecular weight is 426 g/mol. The molecule has 0 aliphatic carbocycles. The van der Waals surface area contributed by atoms with Gasteiger partial charge >= 0.3 is 0 Å². The van der Waals surface area contributed by atoms with Crippen LogP contribution in [0.3, 0.4) is 0 Å². The van der Waals surface area contributed by atoms with E-state index < -0.39 is 7.14 Å². The lowest BCUT2D eigenvalue weighted by molar-refractivity contribution is 0.0377. The van der Waals surface area contributed by atoms with E-state index in [0.29, 0.717) is 19.2 Å². The van der Waals surface area contributed by atoms with E-state index in [0.717, 1.165) is 21.7 Å². The van der Waals surface area contributed by atoms with E-state index in [1.54, 1.807) is 0 Å². The van der Waals surface area contributed by atoms with Crippen LogP contribution in [0.2, 0.25) is 0 Å². The van der Waals surface area contributed by atoms with E-state index in [-0.39, 0.29) is 6.10 Å². The van der Waals surface area contributed by atoms with Crippen LogP contribution in [0.15, 0.2) is 121 Å². The van der Waals surface area contributed by atoms with E-state index in [4.69, 9.17) is 4.74 Å². The van der Waals surface area contributed by atoms with E-state index in [9.17, 15) is 4.57 Å². The predicted octanol–water partition coefficient (Wildman–Crippen LogP) is 6.35. The highest BCUT2D eigenvalue weighted by Gasteiger charge is 2.28. The standard InChI is InChI=1S/C28H27O2P/c29-31(26-17-9-3-10-18-26,27-19-11-4-12-20-27)22-21-28(25-15-7-2-8-16-25)30-23-24-13-5-1-6-14-24/h1-20,28H,21-23H2. The van der Waals surface area contributed by atoms with Crippen molar-refractivity contribution >= 4 is 17.8 Å². The van der Waals surface area contributed by atoms with Gasteiger partial charge in [0.1, 0.15) is 7.14 Å². The highest BCUT2D eigenvalue weighted by atomic mass is 31.2. The quantitative estimate of drug-likeness (QED) is 0.292. The zero-order valence-corrected chi connectivity index (χ0v) is 18.4. The van der Waals surface area contributed by atoms with Crippen LogP contribution in [0.4, 0.5) is 0 Å². The van der Waals surface area contributed by atoms with Crippen LogP contribution in [0.25, 0.3) is 0 Å². The van der Waals surface area contributed by atoms with Gasteiger partial charge in [-0.3, -0.25) is 0 Å². The van der Waals surface area contributed by atoms with Crippen LogP contribution in [0.5, 0.6) is 0 Å². The SMILES string of the molecule is O=P(CCC(OCc1ccccc1)c1ccccc1)(c1ccccc1)c1ccccc1. The predicted molar refractivity (Wildman–Crippen MR) is 130 cm³/mol. The number of hydrogen-bond donors (Lipinski definition) is 0. The third kappa shape index (κ3) is 5.41. The van der Waals surface area contributed by atoms with E-state index >= 15 is 0 Å². The van der Waals surface area contributed by atoms with Gasteiger partial charge in [-0.05, 0) is 17.5 Å². The van der Waals surface area contributed by atoms with E-state index in [1.807, 2.05) is 97.1 Å². The van der Waals surface area contributed by atoms with E-state index in [2.05, 4.69) is 24.3 Å². The van der Waals surface area contributed by atoms with Crippen LogP contribution in [-0.2, 0) is 15.9 Å². The fraction of sp³-hybridized carbons (Fsp3) is 0.143. The van der Waals surface area contributed by atoms with Crippen molar-refractivity contribution in [2.24, 2.45) is 0 Å². The molecule has 1 atom stereocenters. The summed E-state index contributed by atoms with van der Waals surface area (Å²) in [6.07, 6.45) is 1.11. The van der Waals surface area contributed by atoms with Gasteiger partial charge in [0.2, 0.25) is 0 Å². The minimum absolute atomic E-state index is 0.123. The molecule has 0 aliphatic heterocycles. The summed E-state index contributed by atoms with van der Waals surface area (Å²) in [7, 11) is -2.77. The Labute approximate surface area is 184 Å². The molecule has 0 saturated carbocycles. The zero-order chi connectivity index (χ0) is 21.4. The topological polar surface area (TPSA) is 26.3 Å². The number of hydrogen-bond acceptors (Lipinski definition) is 2. The van der Waals surface area contributed by atoms with Crippen LogP contribution in [-0.4, -0.2) is 6.16 Å². The van der Waals surface area contributed by atoms with Gasteiger partial charge in [-0.25, -0.2) is 0 Å². The van der Waals surface area contributed by atoms with Gasteiger partial charge < -0.3 is 9.30 Å². The number of ether oxygens (including phenoxy) is 1. The Kier molecular flexibility index (Phi) is 7.14. The van der Waals surface area contributed by atoms with Crippen molar-refractivity contribution in [2.45, 2.75) is 19.1 Å². The largest absolute Gasteiger partial charge is 0.369 e. The molecular weight excluding hydrogens is 399 g/mol. The molecule has 0 spiro atoms. The Morgan fingerprint density at radius 1 is 0.613 bits per heavy atom. The van der Waals surface area contributed by atoms with Gasteiger partial charge in [0, 0.05) is 16.8 Å². The molecule has 0 N–H and O–H groups in total. The van der Waals surface area contributed by atoms with Crippen molar-refractivity contribution in [2.75, 3.05) is 6.16 Å². The second-order valence-corrected chi connectivity index (χ2v) is 10.6. The Morgan fingerprint density at radius 3 is 1.58 bits per heavy atom. The van der Waals surface area contributed by atoms with Gasteiger partial charge in [0.25, 0.3) is 0 Å². The molecule has 0 heterocycles. The van der Waals surface area contributed by atoms with Gasteiger partial charge in [-0.15, -0.1) is 0 Å². The number of rotatable bonds is 9. The molecule has 4 aromatic rings. The lowest BCUT2D eigenvalue weighted by Gasteiger charge is -2.24. The van der Waals surface area contributed by atoms with Crippen molar-refractivity contribution in [1.29, 1.82) is 0 Å². The summed E-state index contributed by atoms with van der Waals surface area (Å²) in [6, 6.07) is 40.2. The van der Waals surface area contributed by atoms with Crippen molar-refractivity contribution in [3.63, 3.8) is 0 Å². The molecule has 31 heavy (non-hydrogen) atoms. The molecule has 3 heteroatoms. The maximum Gasteiger partial charge on any atom is 0.143 e. The molecule has 0 aromatic heterocycles. The zero-order valence-electron chi connectivity index (χ0n) is 17.5. The van der Waals surface area contributed by atoms with Gasteiger partial charge in [0.15, 0.2) is 0 Å². The lowest BCUT2D eigenvalue weighted by Crippen LogP contribution is -2.20. The first kappa shape index (κ1) is 21.3. The molecule has 156 valence electrons. The van der Waals surface area contributed by atoms with Gasteiger partial charge in [-0.2, -0.15) is 0 Å². The van der Waals surface area contributed by atoms with Crippen LogP contribution < -0.4 is 10.6 Å². The van der Waals surface area contributed by atoms with Crippen LogP contribution >= 0.6 is 7.14 Å². The summed E-state index contributed by atoms with van der Waals surface area (Å²) in [6.45, 7) is 0.529. The van der Waals surface area contributed by atoms with Crippen molar-refractivity contribution < 1.29 is 9.30 Å². The van der Waals surface area contributed by atoms with E-state index in [1.165, 1.54) is 0 Å². The fourth-order valence-corrected chi connectivity index (χ4v) is 6.55. The maximum atomic E-state index is 14.4. The molecule has 0 aliphatic rings. The first-order valence-electron chi connectivity index (χ1n) is 10.7. The second kappa shape index (κ2) is 10.4. The molecule has 4 aromatic carbocycles. The summed E-state index contributed by atoms with van der Waals surface area (Å²) in [4.78, 5) is 0. The van der Waals surface area contributed by atoms with Gasteiger partial charge in [0.05, 0.1) is 12.7 Å². The summed E-state index contributed by atoms with van der Waals surface area (Å²) >= 11 is 0. The molecule has 0 amide bonds. The normalized spacial score (nSPS) is 12.4. The first-order valence-corrected chi connectivity index (χ1v) is 12.6. The van der Waals surface area contributed by atoms with Crippen LogP contribution in [0.1, 0.15) is 23.7 Å². The Balaban J connectivity index is 1.59. The Bertz CT molecular complexity index is 1050. The molecular formula is C28H27O2P. The summed E-state index contributed by atoms with van der Waals surface area (Å²) in [5.41, 5.74) is 2.25. The first-order chi connectivity index (χ1) is 15.3. The molecule has 0 bridgehead atoms. The molecule has 0 radical (unpaired) electrons. The van der Waals surface area contributed by atoms with Crippen molar-refractivity contribution in [3.05, 3.63) is 132 Å². The molecule has 0 saturated heterocycles. The smallest absolute Gasteiger partial charge is 0.143 e. The summed E-state index contributed by atoms with van der Waals surface area (Å²) < 4.78 is 20.7. The van der Waals surface area contributed by atoms with Crippen LogP contribution in [0, 0.1) is 0 Å². The second-order valence-electron chi connectivity index (χ2n) is 7.62. The minimum atomic E-state index is -2.77. The molecule has 4 rings (SSSR count). The monoisotopic (exact) mass is 426 g/mol. The molecule has 0 fully saturated rings. The van der Waals surface area contributed by atoms with Crippen molar-refractivity contribution in [3.8, 4) is 0 Å². The highest BCUT2D eigenvalue weighted by molar-refractivity contribution is 7.78. The number of benzene rings is 4. The highest BCUT2D eigenvalue weighted by Crippen LogP contribution is 2.45. The molecule has 2 nitrogen and oxygen atoms in total. The molecule has 1 unspecified atom stereocenters. The summed E-state index contributed by atoms with van der Waals surface area (Å²) in [5.74, 6) is 0. The third-order valence-electron chi connectivity index (χ3n) is 5.52. The van der Waals surface area contributed by atoms with Gasteiger partial charge in [-0.1, -0.05) is 121 Å². The summed E-state index contributed by atoms with van der Waals surface area (Å²) in [5, 5.41) is 1.80. The Morgan fingerprint density at radius 2 is 1.06 bits per heavy atom. The average Bonchev–Trinajstić information content (AvgIpc) is 2.86. The minimum Gasteiger partial charge on any atom is -0.369 e. The fourth-order valence-electron chi connectivity index (χ4n) is 3.83. The van der Waals surface area contributed by atoms with Crippen molar-refractivity contribution in [1.82, 2.24) is 0 Å². The lowest BCUT2D eigenvalue weighted by atomic mass is 10.1.